The van der Waals surface area contributed by atoms with Crippen LogP contribution in [0, 0.1) is 4.91 Å². The third-order valence-corrected chi connectivity index (χ3v) is 1.50. The van der Waals surface area contributed by atoms with E-state index in [0.29, 0.717) is 6.54 Å². The average molecular weight is 141 g/mol. The Labute approximate surface area is 57.7 Å². The first-order valence-corrected chi connectivity index (χ1v) is 3.05. The maximum absolute atomic E-state index is 9.98. The average Bonchev–Trinajstić information content (AvgIpc) is 2.36. The lowest BCUT2D eigenvalue weighted by atomic mass is 10.3. The zero-order chi connectivity index (χ0) is 7.40. The molecule has 0 N–H and O–H groups in total. The van der Waals surface area contributed by atoms with Crippen molar-refractivity contribution in [1.82, 2.24) is 5.01 Å². The fourth-order valence-corrected chi connectivity index (χ4v) is 1.02. The van der Waals surface area contributed by atoms with Crippen LogP contribution in [0.4, 0.5) is 0 Å². The molecule has 0 aromatic carbocycles. The van der Waals surface area contributed by atoms with Crippen LogP contribution >= 0.6 is 0 Å². The van der Waals surface area contributed by atoms with Crippen molar-refractivity contribution in [3.63, 3.8) is 0 Å². The monoisotopic (exact) mass is 141 g/mol. The second kappa shape index (κ2) is 3.08. The Morgan fingerprint density at radius 2 is 2.40 bits per heavy atom. The van der Waals surface area contributed by atoms with Crippen LogP contribution in [0.3, 0.4) is 0 Å². The van der Waals surface area contributed by atoms with E-state index in [1.54, 1.807) is 0 Å². The first-order chi connectivity index (χ1) is 4.88. The highest BCUT2D eigenvalue weighted by molar-refractivity contribution is 5.33. The van der Waals surface area contributed by atoms with Crippen molar-refractivity contribution in [2.75, 3.05) is 6.54 Å². The predicted octanol–water partition coefficient (Wildman–Crippen LogP) is 0.425. The van der Waals surface area contributed by atoms with Gasteiger partial charge in [0.1, 0.15) is 0 Å². The molecular weight excluding hydrogens is 134 g/mol. The Hall–Kier alpha value is -1.22. The first-order valence-electron chi connectivity index (χ1n) is 3.05. The van der Waals surface area contributed by atoms with Crippen molar-refractivity contribution in [3.05, 3.63) is 4.91 Å². The second-order valence-corrected chi connectivity index (χ2v) is 2.09. The first kappa shape index (κ1) is 6.89. The van der Waals surface area contributed by atoms with Gasteiger partial charge in [0.15, 0.2) is 6.17 Å². The van der Waals surface area contributed by atoms with E-state index < -0.39 is 0 Å². The number of rotatable bonds is 2. The van der Waals surface area contributed by atoms with E-state index in [4.69, 9.17) is 0 Å². The van der Waals surface area contributed by atoms with Crippen LogP contribution in [0.2, 0.25) is 0 Å². The van der Waals surface area contributed by atoms with Gasteiger partial charge in [0.25, 0.3) is 0 Å². The van der Waals surface area contributed by atoms with E-state index in [1.807, 2.05) is 0 Å². The minimum Gasteiger partial charge on any atom is -0.236 e. The molecule has 0 bridgehead atoms. The Kier molecular flexibility index (Phi) is 2.12. The molecule has 5 nitrogen and oxygen atoms in total. The van der Waals surface area contributed by atoms with Gasteiger partial charge < -0.3 is 0 Å². The largest absolute Gasteiger partial charge is 0.237 e. The minimum atomic E-state index is -0.352. The van der Waals surface area contributed by atoms with Crippen LogP contribution in [0.25, 0.3) is 0 Å². The van der Waals surface area contributed by atoms with E-state index in [1.165, 1.54) is 11.1 Å². The molecule has 0 aliphatic carbocycles. The molecule has 0 spiro atoms. The van der Waals surface area contributed by atoms with E-state index in [-0.39, 0.29) is 6.17 Å². The number of isocyanates is 1. The molecule has 5 heteroatoms. The lowest BCUT2D eigenvalue weighted by Crippen LogP contribution is -2.20. The highest BCUT2D eigenvalue weighted by atomic mass is 16.3. The van der Waals surface area contributed by atoms with Crippen molar-refractivity contribution >= 4 is 6.08 Å². The smallest absolute Gasteiger partial charge is 0.236 e. The van der Waals surface area contributed by atoms with Crippen LogP contribution in [-0.2, 0) is 4.79 Å². The Bertz CT molecular complexity index is 176. The maximum atomic E-state index is 9.98. The van der Waals surface area contributed by atoms with Crippen LogP contribution in [0.15, 0.2) is 10.3 Å². The third kappa shape index (κ3) is 1.19. The number of hydrogen-bond donors (Lipinski definition) is 0. The van der Waals surface area contributed by atoms with Gasteiger partial charge in [-0.15, -0.1) is 4.91 Å². The summed E-state index contributed by atoms with van der Waals surface area (Å²) >= 11 is 0. The molecule has 10 heavy (non-hydrogen) atoms. The van der Waals surface area contributed by atoms with Crippen molar-refractivity contribution in [2.45, 2.75) is 19.0 Å². The molecule has 0 amide bonds. The summed E-state index contributed by atoms with van der Waals surface area (Å²) in [6.45, 7) is 0.597. The number of nitroso groups, excluding NO2 is 1. The van der Waals surface area contributed by atoms with Gasteiger partial charge in [-0.25, -0.2) is 9.80 Å². The molecule has 1 heterocycles. The normalized spacial score (nSPS) is 24.0. The molecule has 54 valence electrons. The summed E-state index contributed by atoms with van der Waals surface area (Å²) in [6.07, 6.45) is 2.64. The van der Waals surface area contributed by atoms with E-state index in [9.17, 15) is 9.70 Å². The Balaban J connectivity index is 2.57. The highest BCUT2D eigenvalue weighted by Crippen LogP contribution is 2.17. The second-order valence-electron chi connectivity index (χ2n) is 2.09. The lowest BCUT2D eigenvalue weighted by molar-refractivity contribution is 0.270. The molecule has 1 rings (SSSR count). The van der Waals surface area contributed by atoms with Gasteiger partial charge in [0, 0.05) is 6.54 Å². The van der Waals surface area contributed by atoms with E-state index in [0.717, 1.165) is 12.8 Å². The van der Waals surface area contributed by atoms with E-state index in [2.05, 4.69) is 10.3 Å². The van der Waals surface area contributed by atoms with Crippen molar-refractivity contribution in [2.24, 2.45) is 10.3 Å². The molecule has 0 saturated carbocycles. The topological polar surface area (TPSA) is 62.1 Å². The molecule has 1 aliphatic rings. The van der Waals surface area contributed by atoms with E-state index >= 15 is 0 Å². The van der Waals surface area contributed by atoms with Gasteiger partial charge >= 0.3 is 0 Å². The summed E-state index contributed by atoms with van der Waals surface area (Å²) in [5.41, 5.74) is 0. The fourth-order valence-electron chi connectivity index (χ4n) is 1.02. The molecule has 1 atom stereocenters. The molecule has 1 aliphatic heterocycles. The standard InChI is InChI=1S/C5H7N3O2/c9-4-6-5-2-1-3-8(5)7-10/h5H,1-3H2. The number of carbonyl (C=O) groups excluding carboxylic acids is 1. The van der Waals surface area contributed by atoms with Gasteiger partial charge in [-0.2, -0.15) is 4.99 Å². The minimum absolute atomic E-state index is 0.352. The fraction of sp³-hybridized carbons (Fsp3) is 0.800. The molecule has 1 unspecified atom stereocenters. The zero-order valence-electron chi connectivity index (χ0n) is 5.36. The van der Waals surface area contributed by atoms with Crippen LogP contribution in [0.5, 0.6) is 0 Å². The van der Waals surface area contributed by atoms with Gasteiger partial charge in [0.05, 0.1) is 5.29 Å². The summed E-state index contributed by atoms with van der Waals surface area (Å²) in [4.78, 5) is 23.1. The molecular formula is C5H7N3O2. The zero-order valence-corrected chi connectivity index (χ0v) is 5.36. The summed E-state index contributed by atoms with van der Waals surface area (Å²) in [5, 5.41) is 3.95. The Morgan fingerprint density at radius 3 is 3.00 bits per heavy atom. The number of nitrogens with zero attached hydrogens (tertiary/aromatic N) is 3. The highest BCUT2D eigenvalue weighted by Gasteiger charge is 2.23. The van der Waals surface area contributed by atoms with Gasteiger partial charge in [-0.05, 0) is 12.8 Å². The summed E-state index contributed by atoms with van der Waals surface area (Å²) in [6, 6.07) is 0. The SMILES string of the molecule is O=C=NC1CCCN1N=O. The maximum Gasteiger partial charge on any atom is 0.237 e. The van der Waals surface area contributed by atoms with Crippen molar-refractivity contribution in [1.29, 1.82) is 0 Å². The number of hydrogen-bond acceptors (Lipinski definition) is 4. The molecule has 0 aromatic heterocycles. The van der Waals surface area contributed by atoms with Crippen LogP contribution in [-0.4, -0.2) is 23.8 Å². The Morgan fingerprint density at radius 1 is 1.60 bits per heavy atom. The van der Waals surface area contributed by atoms with Crippen molar-refractivity contribution in [3.8, 4) is 0 Å². The summed E-state index contributed by atoms with van der Waals surface area (Å²) < 4.78 is 0. The molecule has 1 saturated heterocycles. The summed E-state index contributed by atoms with van der Waals surface area (Å²) in [5.74, 6) is 0. The third-order valence-electron chi connectivity index (χ3n) is 1.50. The summed E-state index contributed by atoms with van der Waals surface area (Å²) in [7, 11) is 0. The molecule has 1 fully saturated rings. The predicted molar refractivity (Wildman–Crippen MR) is 33.6 cm³/mol. The quantitative estimate of drug-likeness (QED) is 0.318. The molecule has 0 aromatic rings. The molecule has 0 radical (unpaired) electrons. The van der Waals surface area contributed by atoms with Crippen LogP contribution < -0.4 is 0 Å². The van der Waals surface area contributed by atoms with Gasteiger partial charge in [0.2, 0.25) is 6.08 Å². The lowest BCUT2D eigenvalue weighted by Gasteiger charge is -2.09. The number of aliphatic imine (C=N–C) groups is 1. The van der Waals surface area contributed by atoms with Crippen molar-refractivity contribution < 1.29 is 4.79 Å². The van der Waals surface area contributed by atoms with Gasteiger partial charge in [-0.1, -0.05) is 0 Å². The van der Waals surface area contributed by atoms with Crippen LogP contribution in [0.1, 0.15) is 12.8 Å². The van der Waals surface area contributed by atoms with Gasteiger partial charge in [-0.3, -0.25) is 0 Å².